The predicted octanol–water partition coefficient (Wildman–Crippen LogP) is 1.79. The Morgan fingerprint density at radius 2 is 2.08 bits per heavy atom. The summed E-state index contributed by atoms with van der Waals surface area (Å²) in [5, 5.41) is 0. The predicted molar refractivity (Wildman–Crippen MR) is 52.1 cm³/mol. The number of nitrogen functional groups attached to an aromatic ring is 1. The van der Waals surface area contributed by atoms with Crippen LogP contribution in [0.4, 0.5) is 5.69 Å². The standard InChI is InChI=1S/C10H13NO2/c1-6-4-8(7(2)12)10(11)9(5-6)13-3/h4-5H,11H2,1-3H3. The van der Waals surface area contributed by atoms with E-state index in [1.807, 2.05) is 13.0 Å². The van der Waals surface area contributed by atoms with Crippen molar-refractivity contribution >= 4 is 11.5 Å². The van der Waals surface area contributed by atoms with Gasteiger partial charge < -0.3 is 10.5 Å². The zero-order chi connectivity index (χ0) is 10.0. The average molecular weight is 179 g/mol. The van der Waals surface area contributed by atoms with Crippen LogP contribution < -0.4 is 10.5 Å². The SMILES string of the molecule is COc1cc(C)cc(C(C)=O)c1N. The van der Waals surface area contributed by atoms with E-state index in [1.165, 1.54) is 14.0 Å². The van der Waals surface area contributed by atoms with Gasteiger partial charge in [-0.15, -0.1) is 0 Å². The zero-order valence-corrected chi connectivity index (χ0v) is 8.05. The van der Waals surface area contributed by atoms with Gasteiger partial charge in [-0.2, -0.15) is 0 Å². The second kappa shape index (κ2) is 3.47. The van der Waals surface area contributed by atoms with Gasteiger partial charge in [0.05, 0.1) is 12.8 Å². The third-order valence-electron chi connectivity index (χ3n) is 1.89. The molecule has 1 aromatic rings. The number of carbonyl (C=O) groups excluding carboxylic acids is 1. The lowest BCUT2D eigenvalue weighted by molar-refractivity contribution is 0.101. The highest BCUT2D eigenvalue weighted by Gasteiger charge is 2.10. The number of nitrogens with two attached hydrogens (primary N) is 1. The van der Waals surface area contributed by atoms with Crippen LogP contribution in [0.2, 0.25) is 0 Å². The quantitative estimate of drug-likeness (QED) is 0.556. The third kappa shape index (κ3) is 1.80. The van der Waals surface area contributed by atoms with E-state index in [0.29, 0.717) is 17.0 Å². The van der Waals surface area contributed by atoms with E-state index in [4.69, 9.17) is 10.5 Å². The molecule has 2 N–H and O–H groups in total. The van der Waals surface area contributed by atoms with Crippen LogP contribution in [0.25, 0.3) is 0 Å². The van der Waals surface area contributed by atoms with E-state index in [1.54, 1.807) is 6.07 Å². The molecule has 0 heterocycles. The van der Waals surface area contributed by atoms with Crippen LogP contribution in [0.1, 0.15) is 22.8 Å². The molecule has 0 aliphatic rings. The fourth-order valence-electron chi connectivity index (χ4n) is 1.22. The number of anilines is 1. The molecular formula is C10H13NO2. The topological polar surface area (TPSA) is 52.3 Å². The molecule has 70 valence electrons. The fraction of sp³-hybridized carbons (Fsp3) is 0.300. The molecule has 0 unspecified atom stereocenters. The van der Waals surface area contributed by atoms with Crippen molar-refractivity contribution < 1.29 is 9.53 Å². The normalized spacial score (nSPS) is 9.77. The number of ether oxygens (including phenoxy) is 1. The molecule has 1 rings (SSSR count). The molecule has 1 aromatic carbocycles. The second-order valence-corrected chi connectivity index (χ2v) is 2.98. The largest absolute Gasteiger partial charge is 0.495 e. The van der Waals surface area contributed by atoms with Gasteiger partial charge in [-0.25, -0.2) is 0 Å². The summed E-state index contributed by atoms with van der Waals surface area (Å²) >= 11 is 0. The number of hydrogen-bond donors (Lipinski definition) is 1. The maximum Gasteiger partial charge on any atom is 0.162 e. The molecule has 0 aromatic heterocycles. The lowest BCUT2D eigenvalue weighted by atomic mass is 10.1. The smallest absolute Gasteiger partial charge is 0.162 e. The molecule has 0 aliphatic carbocycles. The first-order chi connectivity index (χ1) is 6.06. The molecule has 0 spiro atoms. The minimum absolute atomic E-state index is 0.0421. The molecule has 3 nitrogen and oxygen atoms in total. The van der Waals surface area contributed by atoms with Crippen molar-refractivity contribution in [3.8, 4) is 5.75 Å². The molecule has 0 saturated carbocycles. The lowest BCUT2D eigenvalue weighted by Crippen LogP contribution is -2.02. The van der Waals surface area contributed by atoms with Gasteiger partial charge >= 0.3 is 0 Å². The monoisotopic (exact) mass is 179 g/mol. The average Bonchev–Trinajstić information content (AvgIpc) is 2.08. The van der Waals surface area contributed by atoms with Crippen LogP contribution in [0.5, 0.6) is 5.75 Å². The Balaban J connectivity index is 3.35. The number of rotatable bonds is 2. The number of hydrogen-bond acceptors (Lipinski definition) is 3. The van der Waals surface area contributed by atoms with Crippen molar-refractivity contribution in [3.63, 3.8) is 0 Å². The van der Waals surface area contributed by atoms with Gasteiger partial charge in [0.1, 0.15) is 5.75 Å². The summed E-state index contributed by atoms with van der Waals surface area (Å²) in [6, 6.07) is 3.57. The molecular weight excluding hydrogens is 166 g/mol. The number of methoxy groups -OCH3 is 1. The summed E-state index contributed by atoms with van der Waals surface area (Å²) in [5.41, 5.74) is 7.63. The second-order valence-electron chi connectivity index (χ2n) is 2.98. The van der Waals surface area contributed by atoms with Crippen molar-refractivity contribution in [2.24, 2.45) is 0 Å². The Labute approximate surface area is 77.5 Å². The highest BCUT2D eigenvalue weighted by atomic mass is 16.5. The van der Waals surface area contributed by atoms with E-state index in [-0.39, 0.29) is 5.78 Å². The molecule has 0 saturated heterocycles. The van der Waals surface area contributed by atoms with Crippen molar-refractivity contribution in [1.29, 1.82) is 0 Å². The van der Waals surface area contributed by atoms with Gasteiger partial charge in [-0.05, 0) is 31.5 Å². The van der Waals surface area contributed by atoms with E-state index in [9.17, 15) is 4.79 Å². The lowest BCUT2D eigenvalue weighted by Gasteiger charge is -2.09. The Morgan fingerprint density at radius 3 is 2.54 bits per heavy atom. The first-order valence-electron chi connectivity index (χ1n) is 4.01. The summed E-state index contributed by atoms with van der Waals surface area (Å²) in [6.07, 6.45) is 0. The molecule has 13 heavy (non-hydrogen) atoms. The van der Waals surface area contributed by atoms with Crippen LogP contribution >= 0.6 is 0 Å². The van der Waals surface area contributed by atoms with E-state index in [2.05, 4.69) is 0 Å². The minimum Gasteiger partial charge on any atom is -0.495 e. The van der Waals surface area contributed by atoms with Crippen molar-refractivity contribution in [3.05, 3.63) is 23.3 Å². The number of Topliss-reactive ketones (excluding diaryl/α,β-unsaturated/α-hetero) is 1. The number of aryl methyl sites for hydroxylation is 1. The first-order valence-corrected chi connectivity index (χ1v) is 4.01. The summed E-state index contributed by atoms with van der Waals surface area (Å²) in [4.78, 5) is 11.2. The molecule has 0 radical (unpaired) electrons. The maximum atomic E-state index is 11.2. The highest BCUT2D eigenvalue weighted by molar-refractivity contribution is 6.00. The van der Waals surface area contributed by atoms with Crippen molar-refractivity contribution in [2.45, 2.75) is 13.8 Å². The van der Waals surface area contributed by atoms with E-state index >= 15 is 0 Å². The first kappa shape index (κ1) is 9.58. The highest BCUT2D eigenvalue weighted by Crippen LogP contribution is 2.27. The van der Waals surface area contributed by atoms with Crippen LogP contribution in [0, 0.1) is 6.92 Å². The summed E-state index contributed by atoms with van der Waals surface area (Å²) < 4.78 is 5.04. The van der Waals surface area contributed by atoms with Gasteiger partial charge in [-0.1, -0.05) is 0 Å². The minimum atomic E-state index is -0.0421. The molecule has 0 fully saturated rings. The van der Waals surface area contributed by atoms with E-state index < -0.39 is 0 Å². The zero-order valence-electron chi connectivity index (χ0n) is 8.05. The van der Waals surface area contributed by atoms with Gasteiger partial charge in [0.2, 0.25) is 0 Å². The molecule has 3 heteroatoms. The molecule has 0 bridgehead atoms. The van der Waals surface area contributed by atoms with Crippen molar-refractivity contribution in [1.82, 2.24) is 0 Å². The van der Waals surface area contributed by atoms with Gasteiger partial charge in [0, 0.05) is 5.56 Å². The van der Waals surface area contributed by atoms with Crippen LogP contribution in [0.15, 0.2) is 12.1 Å². The van der Waals surface area contributed by atoms with Crippen LogP contribution in [0.3, 0.4) is 0 Å². The van der Waals surface area contributed by atoms with Crippen LogP contribution in [-0.2, 0) is 0 Å². The maximum absolute atomic E-state index is 11.2. The van der Waals surface area contributed by atoms with Gasteiger partial charge in [-0.3, -0.25) is 4.79 Å². The fourth-order valence-corrected chi connectivity index (χ4v) is 1.22. The summed E-state index contributed by atoms with van der Waals surface area (Å²) in [5.74, 6) is 0.518. The van der Waals surface area contributed by atoms with E-state index in [0.717, 1.165) is 5.56 Å². The van der Waals surface area contributed by atoms with Crippen LogP contribution in [-0.4, -0.2) is 12.9 Å². The Hall–Kier alpha value is -1.51. The molecule has 0 atom stereocenters. The van der Waals surface area contributed by atoms with Gasteiger partial charge in [0.25, 0.3) is 0 Å². The van der Waals surface area contributed by atoms with Gasteiger partial charge in [0.15, 0.2) is 5.78 Å². The Kier molecular flexibility index (Phi) is 2.56. The summed E-state index contributed by atoms with van der Waals surface area (Å²) in [6.45, 7) is 3.39. The number of carbonyl (C=O) groups is 1. The Bertz CT molecular complexity index is 345. The van der Waals surface area contributed by atoms with Crippen molar-refractivity contribution in [2.75, 3.05) is 12.8 Å². The molecule has 0 amide bonds. The number of ketones is 1. The Morgan fingerprint density at radius 1 is 1.46 bits per heavy atom. The third-order valence-corrected chi connectivity index (χ3v) is 1.89. The number of benzene rings is 1. The molecule has 0 aliphatic heterocycles. The summed E-state index contributed by atoms with van der Waals surface area (Å²) in [7, 11) is 1.54.